The molecule has 0 atom stereocenters. The molecule has 23 heavy (non-hydrogen) atoms. The Bertz CT molecular complexity index is 810. The highest BCUT2D eigenvalue weighted by molar-refractivity contribution is 9.10. The van der Waals surface area contributed by atoms with Gasteiger partial charge in [-0.25, -0.2) is 8.42 Å². The van der Waals surface area contributed by atoms with Gasteiger partial charge in [0.2, 0.25) is 5.91 Å². The van der Waals surface area contributed by atoms with Crippen LogP contribution in [0.3, 0.4) is 0 Å². The standard InChI is InChI=1S/C17H18BrNO3S/c1-12-4-8-14(9-5-12)19-16(20)17(2,3)23(21,22)15-10-6-13(18)7-11-15/h4-11H,1-3H3,(H,19,20). The van der Waals surface area contributed by atoms with Gasteiger partial charge in [0.25, 0.3) is 0 Å². The smallest absolute Gasteiger partial charge is 0.245 e. The third kappa shape index (κ3) is 3.64. The molecule has 2 aromatic carbocycles. The van der Waals surface area contributed by atoms with Crippen molar-refractivity contribution in [1.82, 2.24) is 0 Å². The number of sulfone groups is 1. The molecule has 2 aromatic rings. The highest BCUT2D eigenvalue weighted by Crippen LogP contribution is 2.28. The number of hydrogen-bond donors (Lipinski definition) is 1. The van der Waals surface area contributed by atoms with Crippen LogP contribution in [0, 0.1) is 6.92 Å². The number of carbonyl (C=O) groups is 1. The summed E-state index contributed by atoms with van der Waals surface area (Å²) in [4.78, 5) is 12.6. The number of anilines is 1. The molecule has 2 rings (SSSR count). The van der Waals surface area contributed by atoms with Crippen molar-refractivity contribution in [1.29, 1.82) is 0 Å². The maximum absolute atomic E-state index is 12.8. The lowest BCUT2D eigenvalue weighted by atomic mass is 10.1. The highest BCUT2D eigenvalue weighted by Gasteiger charge is 2.42. The first kappa shape index (κ1) is 17.7. The molecule has 6 heteroatoms. The van der Waals surface area contributed by atoms with Gasteiger partial charge in [0.15, 0.2) is 9.84 Å². The zero-order chi connectivity index (χ0) is 17.3. The Morgan fingerprint density at radius 1 is 1.00 bits per heavy atom. The Kier molecular flexibility index (Phi) is 4.96. The monoisotopic (exact) mass is 395 g/mol. The number of nitrogens with one attached hydrogen (secondary N) is 1. The second-order valence-corrected chi connectivity index (χ2v) is 9.20. The van der Waals surface area contributed by atoms with Crippen molar-refractivity contribution in [2.24, 2.45) is 0 Å². The summed E-state index contributed by atoms with van der Waals surface area (Å²) in [5.74, 6) is -0.565. The molecule has 0 aliphatic heterocycles. The van der Waals surface area contributed by atoms with E-state index in [4.69, 9.17) is 0 Å². The van der Waals surface area contributed by atoms with E-state index in [1.54, 1.807) is 24.3 Å². The lowest BCUT2D eigenvalue weighted by Crippen LogP contribution is -2.44. The predicted octanol–water partition coefficient (Wildman–Crippen LogP) is 3.95. The van der Waals surface area contributed by atoms with Crippen LogP contribution >= 0.6 is 15.9 Å². The minimum absolute atomic E-state index is 0.116. The second kappa shape index (κ2) is 6.45. The second-order valence-electron chi connectivity index (χ2n) is 5.79. The van der Waals surface area contributed by atoms with Crippen LogP contribution in [0.1, 0.15) is 19.4 Å². The first-order valence-electron chi connectivity index (χ1n) is 7.03. The van der Waals surface area contributed by atoms with Gasteiger partial charge in [0.1, 0.15) is 4.75 Å². The van der Waals surface area contributed by atoms with E-state index in [0.29, 0.717) is 5.69 Å². The molecule has 1 N–H and O–H groups in total. The van der Waals surface area contributed by atoms with Crippen LogP contribution in [0.25, 0.3) is 0 Å². The van der Waals surface area contributed by atoms with E-state index in [-0.39, 0.29) is 4.90 Å². The third-order valence-corrected chi connectivity index (χ3v) is 6.60. The third-order valence-electron chi connectivity index (χ3n) is 3.65. The first-order chi connectivity index (χ1) is 10.6. The number of aryl methyl sites for hydroxylation is 1. The van der Waals surface area contributed by atoms with Crippen molar-refractivity contribution >= 4 is 37.4 Å². The number of amides is 1. The van der Waals surface area contributed by atoms with Crippen molar-refractivity contribution in [3.05, 3.63) is 58.6 Å². The number of halogens is 1. The van der Waals surface area contributed by atoms with Crippen molar-refractivity contribution in [2.45, 2.75) is 30.4 Å². The fourth-order valence-corrected chi connectivity index (χ4v) is 3.59. The van der Waals surface area contributed by atoms with Crippen LogP contribution in [0.2, 0.25) is 0 Å². The van der Waals surface area contributed by atoms with Crippen LogP contribution < -0.4 is 5.32 Å². The van der Waals surface area contributed by atoms with E-state index in [1.807, 2.05) is 19.1 Å². The van der Waals surface area contributed by atoms with Crippen LogP contribution in [0.4, 0.5) is 5.69 Å². The van der Waals surface area contributed by atoms with Crippen molar-refractivity contribution in [3.8, 4) is 0 Å². The van der Waals surface area contributed by atoms with Gasteiger partial charge in [-0.2, -0.15) is 0 Å². The molecule has 0 heterocycles. The molecule has 0 aliphatic rings. The quantitative estimate of drug-likeness (QED) is 0.851. The first-order valence-corrected chi connectivity index (χ1v) is 9.30. The van der Waals surface area contributed by atoms with Gasteiger partial charge in [-0.3, -0.25) is 4.79 Å². The van der Waals surface area contributed by atoms with E-state index in [1.165, 1.54) is 26.0 Å². The Labute approximate surface area is 145 Å². The molecule has 0 saturated heterocycles. The Hall–Kier alpha value is -1.66. The van der Waals surface area contributed by atoms with Crippen molar-refractivity contribution < 1.29 is 13.2 Å². The number of hydrogen-bond acceptors (Lipinski definition) is 3. The summed E-state index contributed by atoms with van der Waals surface area (Å²) in [7, 11) is -3.82. The minimum atomic E-state index is -3.82. The van der Waals surface area contributed by atoms with E-state index in [0.717, 1.165) is 10.0 Å². The number of carbonyl (C=O) groups excluding carboxylic acids is 1. The van der Waals surface area contributed by atoms with Gasteiger partial charge in [-0.05, 0) is 57.2 Å². The summed E-state index contributed by atoms with van der Waals surface area (Å²) in [6, 6.07) is 13.4. The summed E-state index contributed by atoms with van der Waals surface area (Å²) >= 11 is 3.27. The molecule has 0 bridgehead atoms. The molecule has 0 spiro atoms. The van der Waals surface area contributed by atoms with Crippen LogP contribution in [0.15, 0.2) is 57.9 Å². The lowest BCUT2D eigenvalue weighted by Gasteiger charge is -2.24. The SMILES string of the molecule is Cc1ccc(NC(=O)C(C)(C)S(=O)(=O)c2ccc(Br)cc2)cc1. The molecule has 0 unspecified atom stereocenters. The topological polar surface area (TPSA) is 63.2 Å². The Balaban J connectivity index is 2.30. The highest BCUT2D eigenvalue weighted by atomic mass is 79.9. The molecule has 0 fully saturated rings. The van der Waals surface area contributed by atoms with Gasteiger partial charge >= 0.3 is 0 Å². The molecule has 0 radical (unpaired) electrons. The molecule has 4 nitrogen and oxygen atoms in total. The average molecular weight is 396 g/mol. The molecule has 1 amide bonds. The number of benzene rings is 2. The lowest BCUT2D eigenvalue weighted by molar-refractivity contribution is -0.117. The molecule has 122 valence electrons. The van der Waals surface area contributed by atoms with Crippen LogP contribution in [0.5, 0.6) is 0 Å². The summed E-state index contributed by atoms with van der Waals surface area (Å²) in [5.41, 5.74) is 1.63. The van der Waals surface area contributed by atoms with Gasteiger partial charge in [0, 0.05) is 10.2 Å². The molecule has 0 aromatic heterocycles. The Morgan fingerprint density at radius 3 is 2.04 bits per heavy atom. The van der Waals surface area contributed by atoms with Crippen LogP contribution in [-0.4, -0.2) is 19.1 Å². The molecule has 0 saturated carbocycles. The van der Waals surface area contributed by atoms with E-state index in [9.17, 15) is 13.2 Å². The summed E-state index contributed by atoms with van der Waals surface area (Å²) in [6.07, 6.45) is 0. The van der Waals surface area contributed by atoms with Crippen molar-refractivity contribution in [3.63, 3.8) is 0 Å². The normalized spacial score (nSPS) is 12.0. The molecular formula is C17H18BrNO3S. The molecule has 0 aliphatic carbocycles. The molecular weight excluding hydrogens is 378 g/mol. The maximum atomic E-state index is 12.8. The van der Waals surface area contributed by atoms with Gasteiger partial charge in [0.05, 0.1) is 4.90 Å². The van der Waals surface area contributed by atoms with Gasteiger partial charge in [-0.15, -0.1) is 0 Å². The maximum Gasteiger partial charge on any atom is 0.245 e. The minimum Gasteiger partial charge on any atom is -0.325 e. The van der Waals surface area contributed by atoms with Gasteiger partial charge < -0.3 is 5.32 Å². The summed E-state index contributed by atoms with van der Waals surface area (Å²) < 4.78 is 24.7. The summed E-state index contributed by atoms with van der Waals surface area (Å²) in [5, 5.41) is 2.67. The van der Waals surface area contributed by atoms with E-state index < -0.39 is 20.5 Å². The number of rotatable bonds is 4. The van der Waals surface area contributed by atoms with E-state index in [2.05, 4.69) is 21.2 Å². The average Bonchev–Trinajstić information content (AvgIpc) is 2.49. The fraction of sp³-hybridized carbons (Fsp3) is 0.235. The van der Waals surface area contributed by atoms with Crippen molar-refractivity contribution in [2.75, 3.05) is 5.32 Å². The Morgan fingerprint density at radius 2 is 1.52 bits per heavy atom. The predicted molar refractivity (Wildman–Crippen MR) is 95.2 cm³/mol. The zero-order valence-corrected chi connectivity index (χ0v) is 15.5. The fourth-order valence-electron chi connectivity index (χ4n) is 1.95. The van der Waals surface area contributed by atoms with Gasteiger partial charge in [-0.1, -0.05) is 33.6 Å². The van der Waals surface area contributed by atoms with Crippen LogP contribution in [-0.2, 0) is 14.6 Å². The van der Waals surface area contributed by atoms with E-state index >= 15 is 0 Å². The largest absolute Gasteiger partial charge is 0.325 e. The summed E-state index contributed by atoms with van der Waals surface area (Å²) in [6.45, 7) is 4.76. The zero-order valence-electron chi connectivity index (χ0n) is 13.1.